The molecule has 144 valence electrons. The normalized spacial score (nSPS) is 14.9. The summed E-state index contributed by atoms with van der Waals surface area (Å²) >= 11 is 0. The molecule has 0 radical (unpaired) electrons. The van der Waals surface area contributed by atoms with Crippen molar-refractivity contribution in [2.45, 2.75) is 18.8 Å². The Morgan fingerprint density at radius 1 is 1.11 bits per heavy atom. The number of aryl methyl sites for hydroxylation is 1. The molecule has 8 nitrogen and oxygen atoms in total. The average Bonchev–Trinajstić information content (AvgIpc) is 3.20. The van der Waals surface area contributed by atoms with E-state index in [9.17, 15) is 4.79 Å². The fourth-order valence-electron chi connectivity index (χ4n) is 3.41. The molecule has 3 aromatic rings. The van der Waals surface area contributed by atoms with E-state index >= 15 is 0 Å². The minimum atomic E-state index is -0.119. The first-order chi connectivity index (χ1) is 13.6. The summed E-state index contributed by atoms with van der Waals surface area (Å²) in [7, 11) is 3.40. The van der Waals surface area contributed by atoms with Gasteiger partial charge in [-0.1, -0.05) is 0 Å². The van der Waals surface area contributed by atoms with Gasteiger partial charge in [0.15, 0.2) is 0 Å². The van der Waals surface area contributed by atoms with Gasteiger partial charge < -0.3 is 9.64 Å². The molecule has 1 aromatic carbocycles. The Hall–Kier alpha value is -3.29. The number of amides is 1. The van der Waals surface area contributed by atoms with Crippen LogP contribution in [0.2, 0.25) is 0 Å². The molecule has 2 aromatic heterocycles. The standard InChI is InChI=1S/C20H22N6O2/c1-25-13-22-19(24-25)20(27)26-11-8-15(9-12-26)18-21-10-7-17(23-18)14-3-5-16(28-2)6-4-14/h3-7,10,13,15H,8-9,11-12H2,1-2H3. The van der Waals surface area contributed by atoms with Gasteiger partial charge in [0.2, 0.25) is 5.82 Å². The van der Waals surface area contributed by atoms with Crippen LogP contribution in [0.25, 0.3) is 11.3 Å². The maximum atomic E-state index is 12.5. The van der Waals surface area contributed by atoms with Crippen LogP contribution < -0.4 is 4.74 Å². The van der Waals surface area contributed by atoms with Crippen LogP contribution in [0.15, 0.2) is 42.9 Å². The van der Waals surface area contributed by atoms with E-state index < -0.39 is 0 Å². The van der Waals surface area contributed by atoms with Gasteiger partial charge in [0.25, 0.3) is 5.91 Å². The van der Waals surface area contributed by atoms with Crippen LogP contribution in [0.5, 0.6) is 5.75 Å². The number of likely N-dealkylation sites (tertiary alicyclic amines) is 1. The molecular formula is C20H22N6O2. The number of hydrogen-bond donors (Lipinski definition) is 0. The smallest absolute Gasteiger partial charge is 0.293 e. The number of piperidine rings is 1. The van der Waals surface area contributed by atoms with E-state index in [0.717, 1.165) is 35.7 Å². The van der Waals surface area contributed by atoms with Crippen molar-refractivity contribution in [3.63, 3.8) is 0 Å². The Morgan fingerprint density at radius 3 is 2.50 bits per heavy atom. The summed E-state index contributed by atoms with van der Waals surface area (Å²) in [5.74, 6) is 2.01. The fraction of sp³-hybridized carbons (Fsp3) is 0.350. The summed E-state index contributed by atoms with van der Waals surface area (Å²) in [4.78, 5) is 27.6. The number of carbonyl (C=O) groups is 1. The molecule has 0 spiro atoms. The Labute approximate surface area is 163 Å². The van der Waals surface area contributed by atoms with Crippen molar-refractivity contribution in [1.29, 1.82) is 0 Å². The largest absolute Gasteiger partial charge is 0.497 e. The molecule has 1 aliphatic heterocycles. The number of rotatable bonds is 4. The molecule has 0 N–H and O–H groups in total. The summed E-state index contributed by atoms with van der Waals surface area (Å²) in [6, 6.07) is 9.74. The summed E-state index contributed by atoms with van der Waals surface area (Å²) in [5, 5.41) is 4.10. The van der Waals surface area contributed by atoms with Gasteiger partial charge in [0, 0.05) is 37.8 Å². The van der Waals surface area contributed by atoms with Gasteiger partial charge in [-0.15, -0.1) is 5.10 Å². The van der Waals surface area contributed by atoms with Crippen LogP contribution in [-0.4, -0.2) is 55.7 Å². The molecule has 1 aliphatic rings. The Balaban J connectivity index is 1.44. The number of ether oxygens (including phenoxy) is 1. The third-order valence-electron chi connectivity index (χ3n) is 5.00. The monoisotopic (exact) mass is 378 g/mol. The second-order valence-electron chi connectivity index (χ2n) is 6.84. The first kappa shape index (κ1) is 18.1. The molecule has 1 amide bonds. The number of hydrogen-bond acceptors (Lipinski definition) is 6. The Kier molecular flexibility index (Phi) is 5.01. The van der Waals surface area contributed by atoms with Crippen molar-refractivity contribution in [1.82, 2.24) is 29.6 Å². The second-order valence-corrected chi connectivity index (χ2v) is 6.84. The maximum Gasteiger partial charge on any atom is 0.293 e. The average molecular weight is 378 g/mol. The van der Waals surface area contributed by atoms with Crippen molar-refractivity contribution in [3.05, 3.63) is 54.5 Å². The molecule has 28 heavy (non-hydrogen) atoms. The van der Waals surface area contributed by atoms with Crippen LogP contribution >= 0.6 is 0 Å². The fourth-order valence-corrected chi connectivity index (χ4v) is 3.41. The molecule has 4 rings (SSSR count). The Bertz CT molecular complexity index is 961. The quantitative estimate of drug-likeness (QED) is 0.692. The number of benzene rings is 1. The molecule has 3 heterocycles. The van der Waals surface area contributed by atoms with Crippen LogP contribution in [0.3, 0.4) is 0 Å². The molecule has 0 saturated carbocycles. The SMILES string of the molecule is COc1ccc(-c2ccnc(C3CCN(C(=O)c4ncn(C)n4)CC3)n2)cc1. The summed E-state index contributed by atoms with van der Waals surface area (Å²) in [5.41, 5.74) is 1.92. The molecule has 0 unspecified atom stereocenters. The lowest BCUT2D eigenvalue weighted by molar-refractivity contribution is 0.0698. The predicted octanol–water partition coefficient (Wildman–Crippen LogP) is 2.30. The van der Waals surface area contributed by atoms with Crippen LogP contribution in [-0.2, 0) is 7.05 Å². The van der Waals surface area contributed by atoms with E-state index in [0.29, 0.717) is 13.1 Å². The molecule has 0 aliphatic carbocycles. The highest BCUT2D eigenvalue weighted by Crippen LogP contribution is 2.28. The van der Waals surface area contributed by atoms with Crippen LogP contribution in [0.1, 0.15) is 35.2 Å². The lowest BCUT2D eigenvalue weighted by atomic mass is 9.95. The van der Waals surface area contributed by atoms with E-state index in [1.165, 1.54) is 0 Å². The van der Waals surface area contributed by atoms with Crippen molar-refractivity contribution >= 4 is 5.91 Å². The van der Waals surface area contributed by atoms with E-state index in [2.05, 4.69) is 15.1 Å². The Morgan fingerprint density at radius 2 is 1.86 bits per heavy atom. The first-order valence-electron chi connectivity index (χ1n) is 9.26. The summed E-state index contributed by atoms with van der Waals surface area (Å²) in [6.45, 7) is 1.30. The van der Waals surface area contributed by atoms with Crippen LogP contribution in [0.4, 0.5) is 0 Å². The lowest BCUT2D eigenvalue weighted by Gasteiger charge is -2.30. The molecule has 1 fully saturated rings. The second kappa shape index (κ2) is 7.75. The van der Waals surface area contributed by atoms with Crippen molar-refractivity contribution in [3.8, 4) is 17.0 Å². The van der Waals surface area contributed by atoms with Gasteiger partial charge in [-0.05, 0) is 43.2 Å². The predicted molar refractivity (Wildman–Crippen MR) is 103 cm³/mol. The molecule has 8 heteroatoms. The van der Waals surface area contributed by atoms with Crippen molar-refractivity contribution in [2.75, 3.05) is 20.2 Å². The third kappa shape index (κ3) is 3.71. The van der Waals surface area contributed by atoms with E-state index in [1.54, 1.807) is 36.3 Å². The van der Waals surface area contributed by atoms with Crippen LogP contribution in [0, 0.1) is 0 Å². The van der Waals surface area contributed by atoms with Gasteiger partial charge in [-0.25, -0.2) is 15.0 Å². The number of carbonyl (C=O) groups excluding carboxylic acids is 1. The van der Waals surface area contributed by atoms with Gasteiger partial charge in [0.05, 0.1) is 12.8 Å². The van der Waals surface area contributed by atoms with Gasteiger partial charge in [0.1, 0.15) is 17.9 Å². The van der Waals surface area contributed by atoms with E-state index in [-0.39, 0.29) is 17.6 Å². The molecular weight excluding hydrogens is 356 g/mol. The zero-order valence-electron chi connectivity index (χ0n) is 15.9. The van der Waals surface area contributed by atoms with Crippen molar-refractivity contribution in [2.24, 2.45) is 7.05 Å². The summed E-state index contributed by atoms with van der Waals surface area (Å²) < 4.78 is 6.75. The van der Waals surface area contributed by atoms with E-state index in [4.69, 9.17) is 9.72 Å². The topological polar surface area (TPSA) is 86.0 Å². The highest BCUT2D eigenvalue weighted by atomic mass is 16.5. The number of aromatic nitrogens is 5. The number of methoxy groups -OCH3 is 1. The minimum absolute atomic E-state index is 0.119. The molecule has 0 bridgehead atoms. The zero-order valence-corrected chi connectivity index (χ0v) is 15.9. The van der Waals surface area contributed by atoms with Gasteiger partial charge in [-0.3, -0.25) is 9.48 Å². The third-order valence-corrected chi connectivity index (χ3v) is 5.00. The zero-order chi connectivity index (χ0) is 19.5. The van der Waals surface area contributed by atoms with Gasteiger partial charge >= 0.3 is 0 Å². The maximum absolute atomic E-state index is 12.5. The highest BCUT2D eigenvalue weighted by Gasteiger charge is 2.27. The molecule has 0 atom stereocenters. The molecule has 1 saturated heterocycles. The lowest BCUT2D eigenvalue weighted by Crippen LogP contribution is -2.38. The summed E-state index contributed by atoms with van der Waals surface area (Å²) in [6.07, 6.45) is 4.99. The number of nitrogens with zero attached hydrogens (tertiary/aromatic N) is 6. The van der Waals surface area contributed by atoms with Crippen molar-refractivity contribution < 1.29 is 9.53 Å². The first-order valence-corrected chi connectivity index (χ1v) is 9.26. The van der Waals surface area contributed by atoms with Gasteiger partial charge in [-0.2, -0.15) is 0 Å². The van der Waals surface area contributed by atoms with E-state index in [1.807, 2.05) is 30.3 Å². The highest BCUT2D eigenvalue weighted by molar-refractivity contribution is 5.90. The minimum Gasteiger partial charge on any atom is -0.497 e.